The molecule has 0 N–H and O–H groups in total. The molecule has 1 heterocycles. The first-order chi connectivity index (χ1) is 8.41. The summed E-state index contributed by atoms with van der Waals surface area (Å²) in [5.41, 5.74) is 10.5. The van der Waals surface area contributed by atoms with Crippen LogP contribution in [0.1, 0.15) is 31.9 Å². The van der Waals surface area contributed by atoms with Gasteiger partial charge in [-0.05, 0) is 28.6 Å². The fourth-order valence-corrected chi connectivity index (χ4v) is 2.42. The van der Waals surface area contributed by atoms with Gasteiger partial charge in [-0.1, -0.05) is 37.5 Å². The molecule has 0 saturated heterocycles. The molecule has 1 aliphatic heterocycles. The molecule has 4 nitrogen and oxygen atoms in total. The van der Waals surface area contributed by atoms with Gasteiger partial charge in [-0.15, -0.1) is 0 Å². The number of azide groups is 1. The topological polar surface area (TPSA) is 58.0 Å². The summed E-state index contributed by atoms with van der Waals surface area (Å²) >= 11 is 6.15. The number of rotatable bonds is 2. The Morgan fingerprint density at radius 1 is 1.50 bits per heavy atom. The average molecular weight is 266 g/mol. The number of ether oxygens (including phenoxy) is 1. The van der Waals surface area contributed by atoms with Crippen molar-refractivity contribution in [2.45, 2.75) is 38.7 Å². The maximum absolute atomic E-state index is 8.35. The Kier molecular flexibility index (Phi) is 3.42. The van der Waals surface area contributed by atoms with Crippen LogP contribution >= 0.6 is 11.6 Å². The zero-order chi connectivity index (χ0) is 13.3. The van der Waals surface area contributed by atoms with Gasteiger partial charge in [0.2, 0.25) is 0 Å². The summed E-state index contributed by atoms with van der Waals surface area (Å²) in [5.74, 6) is 0.907. The third-order valence-corrected chi connectivity index (χ3v) is 3.24. The summed E-state index contributed by atoms with van der Waals surface area (Å²) in [4.78, 5) is 2.77. The third-order valence-electron chi connectivity index (χ3n) is 3.02. The van der Waals surface area contributed by atoms with Crippen molar-refractivity contribution in [3.8, 4) is 5.75 Å². The molecule has 1 atom stereocenters. The number of fused-ring (bicyclic) bond motifs is 1. The number of hydrogen-bond acceptors (Lipinski definition) is 2. The first-order valence-corrected chi connectivity index (χ1v) is 6.30. The molecule has 5 heteroatoms. The largest absolute Gasteiger partial charge is 0.489 e. The Hall–Kier alpha value is -1.38. The molecule has 0 amide bonds. The predicted octanol–water partition coefficient (Wildman–Crippen LogP) is 4.25. The molecule has 96 valence electrons. The molecule has 1 aromatic carbocycles. The molecule has 0 spiro atoms. The summed E-state index contributed by atoms with van der Waals surface area (Å²) in [6.45, 7) is 6.74. The fraction of sp³-hybridized carbons (Fsp3) is 0.538. The van der Waals surface area contributed by atoms with E-state index in [1.165, 1.54) is 0 Å². The van der Waals surface area contributed by atoms with E-state index in [2.05, 4.69) is 30.8 Å². The van der Waals surface area contributed by atoms with Crippen molar-refractivity contribution >= 4 is 11.6 Å². The van der Waals surface area contributed by atoms with E-state index in [4.69, 9.17) is 21.9 Å². The van der Waals surface area contributed by atoms with Crippen LogP contribution in [-0.2, 0) is 11.8 Å². The summed E-state index contributed by atoms with van der Waals surface area (Å²) in [6, 6.07) is 3.89. The van der Waals surface area contributed by atoms with Crippen LogP contribution in [0.2, 0.25) is 5.02 Å². The van der Waals surface area contributed by atoms with Gasteiger partial charge in [0.05, 0.1) is 6.54 Å². The Bertz CT molecular complexity index is 516. The zero-order valence-corrected chi connectivity index (χ0v) is 11.5. The zero-order valence-electron chi connectivity index (χ0n) is 10.8. The van der Waals surface area contributed by atoms with Crippen molar-refractivity contribution in [3.63, 3.8) is 0 Å². The maximum atomic E-state index is 8.35. The molecule has 1 aliphatic rings. The molecule has 0 aromatic heterocycles. The SMILES string of the molecule is CC(C)(C)c1cc(Cl)cc2c1OC(CN=[N+]=[N-])C2. The molecule has 2 rings (SSSR count). The van der Waals surface area contributed by atoms with E-state index in [9.17, 15) is 0 Å². The van der Waals surface area contributed by atoms with Crippen molar-refractivity contribution in [1.29, 1.82) is 0 Å². The fourth-order valence-electron chi connectivity index (χ4n) is 2.18. The maximum Gasteiger partial charge on any atom is 0.126 e. The molecular weight excluding hydrogens is 250 g/mol. The molecule has 0 aliphatic carbocycles. The van der Waals surface area contributed by atoms with Gasteiger partial charge in [-0.3, -0.25) is 0 Å². The van der Waals surface area contributed by atoms with E-state index in [0.717, 1.165) is 28.3 Å². The first-order valence-electron chi connectivity index (χ1n) is 5.92. The molecule has 18 heavy (non-hydrogen) atoms. The van der Waals surface area contributed by atoms with Crippen molar-refractivity contribution in [2.75, 3.05) is 6.54 Å². The lowest BCUT2D eigenvalue weighted by Gasteiger charge is -2.22. The van der Waals surface area contributed by atoms with Gasteiger partial charge in [-0.2, -0.15) is 0 Å². The van der Waals surface area contributed by atoms with Gasteiger partial charge in [0.15, 0.2) is 0 Å². The van der Waals surface area contributed by atoms with Gasteiger partial charge in [0.25, 0.3) is 0 Å². The lowest BCUT2D eigenvalue weighted by molar-refractivity contribution is 0.237. The van der Waals surface area contributed by atoms with Crippen molar-refractivity contribution in [2.24, 2.45) is 5.11 Å². The second kappa shape index (κ2) is 4.71. The second-order valence-electron chi connectivity index (χ2n) is 5.55. The van der Waals surface area contributed by atoms with E-state index in [0.29, 0.717) is 6.54 Å². The molecule has 1 aromatic rings. The van der Waals surface area contributed by atoms with Gasteiger partial charge < -0.3 is 4.74 Å². The first kappa shape index (κ1) is 13.1. The van der Waals surface area contributed by atoms with Crippen LogP contribution in [0.4, 0.5) is 0 Å². The van der Waals surface area contributed by atoms with Crippen molar-refractivity contribution in [3.05, 3.63) is 38.7 Å². The van der Waals surface area contributed by atoms with Crippen LogP contribution in [0.5, 0.6) is 5.75 Å². The summed E-state index contributed by atoms with van der Waals surface area (Å²) in [6.07, 6.45) is 0.674. The van der Waals surface area contributed by atoms with Gasteiger partial charge in [0.1, 0.15) is 11.9 Å². The number of benzene rings is 1. The van der Waals surface area contributed by atoms with Crippen LogP contribution < -0.4 is 4.74 Å². The molecular formula is C13H16ClN3O. The van der Waals surface area contributed by atoms with E-state index in [1.54, 1.807) is 0 Å². The van der Waals surface area contributed by atoms with E-state index >= 15 is 0 Å². The monoisotopic (exact) mass is 265 g/mol. The van der Waals surface area contributed by atoms with Gasteiger partial charge in [-0.25, -0.2) is 0 Å². The van der Waals surface area contributed by atoms with Gasteiger partial charge >= 0.3 is 0 Å². The highest BCUT2D eigenvalue weighted by atomic mass is 35.5. The predicted molar refractivity (Wildman–Crippen MR) is 72.3 cm³/mol. The van der Waals surface area contributed by atoms with Crippen LogP contribution in [0.25, 0.3) is 10.4 Å². The Labute approximate surface area is 112 Å². The lowest BCUT2D eigenvalue weighted by Crippen LogP contribution is -2.18. The minimum atomic E-state index is -0.0736. The van der Waals surface area contributed by atoms with E-state index in [-0.39, 0.29) is 11.5 Å². The van der Waals surface area contributed by atoms with E-state index in [1.807, 2.05) is 12.1 Å². The molecule has 1 unspecified atom stereocenters. The molecule has 0 fully saturated rings. The summed E-state index contributed by atoms with van der Waals surface area (Å²) < 4.78 is 5.90. The standard InChI is InChI=1S/C13H16ClN3O/c1-13(2,3)11-6-9(14)4-8-5-10(7-16-17-15)18-12(8)11/h4,6,10H,5,7H2,1-3H3. The van der Waals surface area contributed by atoms with Crippen LogP contribution in [0.3, 0.4) is 0 Å². The van der Waals surface area contributed by atoms with Crippen LogP contribution in [0, 0.1) is 0 Å². The molecule has 0 radical (unpaired) electrons. The smallest absolute Gasteiger partial charge is 0.126 e. The molecule has 0 bridgehead atoms. The Morgan fingerprint density at radius 2 is 2.22 bits per heavy atom. The normalized spacial score (nSPS) is 17.9. The minimum Gasteiger partial charge on any atom is -0.489 e. The molecule has 0 saturated carbocycles. The summed E-state index contributed by atoms with van der Waals surface area (Å²) in [5, 5.41) is 4.30. The van der Waals surface area contributed by atoms with Crippen molar-refractivity contribution in [1.82, 2.24) is 0 Å². The lowest BCUT2D eigenvalue weighted by atomic mass is 9.85. The summed E-state index contributed by atoms with van der Waals surface area (Å²) in [7, 11) is 0. The van der Waals surface area contributed by atoms with E-state index < -0.39 is 0 Å². The quantitative estimate of drug-likeness (QED) is 0.448. The minimum absolute atomic E-state index is 0.0254. The van der Waals surface area contributed by atoms with Crippen LogP contribution in [-0.4, -0.2) is 12.6 Å². The average Bonchev–Trinajstić information content (AvgIpc) is 2.66. The Morgan fingerprint density at radius 3 is 2.83 bits per heavy atom. The number of hydrogen-bond donors (Lipinski definition) is 0. The number of halogens is 1. The Balaban J connectivity index is 2.37. The van der Waals surface area contributed by atoms with Gasteiger partial charge in [0, 0.05) is 21.9 Å². The highest BCUT2D eigenvalue weighted by Gasteiger charge is 2.29. The highest BCUT2D eigenvalue weighted by Crippen LogP contribution is 2.41. The number of nitrogens with zero attached hydrogens (tertiary/aromatic N) is 3. The second-order valence-corrected chi connectivity index (χ2v) is 5.99. The third kappa shape index (κ3) is 2.55. The highest BCUT2D eigenvalue weighted by molar-refractivity contribution is 6.30. The van der Waals surface area contributed by atoms with Crippen molar-refractivity contribution < 1.29 is 4.74 Å². The van der Waals surface area contributed by atoms with Crippen LogP contribution in [0.15, 0.2) is 17.2 Å².